The Kier molecular flexibility index (Phi) is 4.17. The van der Waals surface area contributed by atoms with Crippen LogP contribution in [0.15, 0.2) is 21.8 Å². The number of carbonyl (C=O) groups excluding carboxylic acids is 1. The Bertz CT molecular complexity index is 633. The van der Waals surface area contributed by atoms with Gasteiger partial charge in [-0.25, -0.2) is 13.6 Å². The van der Waals surface area contributed by atoms with Crippen molar-refractivity contribution in [3.8, 4) is 0 Å². The molecule has 118 valence electrons. The van der Waals surface area contributed by atoms with Crippen LogP contribution >= 0.6 is 0 Å². The van der Waals surface area contributed by atoms with Crippen molar-refractivity contribution in [2.75, 3.05) is 6.54 Å². The van der Waals surface area contributed by atoms with Crippen LogP contribution in [0.1, 0.15) is 50.4 Å². The average Bonchev–Trinajstić information content (AvgIpc) is 3.06. The lowest BCUT2D eigenvalue weighted by molar-refractivity contribution is 0.0595. The molecule has 1 aromatic rings. The van der Waals surface area contributed by atoms with Crippen LogP contribution in [0.2, 0.25) is 0 Å². The van der Waals surface area contributed by atoms with Gasteiger partial charge in [0.2, 0.25) is 5.09 Å². The van der Waals surface area contributed by atoms with Crippen molar-refractivity contribution in [3.63, 3.8) is 0 Å². The number of amides is 1. The third kappa shape index (κ3) is 3.13. The highest BCUT2D eigenvalue weighted by molar-refractivity contribution is 7.89. The topological polar surface area (TPSA) is 93.6 Å². The van der Waals surface area contributed by atoms with E-state index in [2.05, 4.69) is 20.8 Å². The lowest BCUT2D eigenvalue weighted by atomic mass is 9.80. The zero-order valence-corrected chi connectivity index (χ0v) is 13.4. The number of hydrogen-bond donors (Lipinski definition) is 1. The quantitative estimate of drug-likeness (QED) is 0.919. The molecule has 1 atom stereocenters. The van der Waals surface area contributed by atoms with Gasteiger partial charge in [-0.1, -0.05) is 20.8 Å². The highest BCUT2D eigenvalue weighted by Crippen LogP contribution is 2.36. The minimum atomic E-state index is -3.92. The van der Waals surface area contributed by atoms with E-state index < -0.39 is 10.0 Å². The number of carbonyl (C=O) groups is 1. The first-order valence-electron chi connectivity index (χ1n) is 7.09. The molecule has 6 nitrogen and oxygen atoms in total. The van der Waals surface area contributed by atoms with Crippen molar-refractivity contribution in [2.45, 2.75) is 51.2 Å². The number of likely N-dealkylation sites (tertiary alicyclic amines) is 1. The Morgan fingerprint density at radius 1 is 1.52 bits per heavy atom. The molecular weight excluding hydrogens is 292 g/mol. The molecule has 0 aromatic carbocycles. The summed E-state index contributed by atoms with van der Waals surface area (Å²) < 4.78 is 27.3. The normalized spacial score (nSPS) is 20.0. The third-order valence-corrected chi connectivity index (χ3v) is 5.20. The van der Waals surface area contributed by atoms with Gasteiger partial charge in [0.1, 0.15) is 6.26 Å². The maximum absolute atomic E-state index is 12.6. The second kappa shape index (κ2) is 5.46. The highest BCUT2D eigenvalue weighted by atomic mass is 32.2. The molecule has 21 heavy (non-hydrogen) atoms. The van der Waals surface area contributed by atoms with Gasteiger partial charge in [-0.3, -0.25) is 4.79 Å². The summed E-state index contributed by atoms with van der Waals surface area (Å²) >= 11 is 0. The summed E-state index contributed by atoms with van der Waals surface area (Å²) in [5, 5.41) is 4.62. The lowest BCUT2D eigenvalue weighted by Gasteiger charge is -2.37. The molecule has 7 heteroatoms. The van der Waals surface area contributed by atoms with Crippen LogP contribution in [-0.4, -0.2) is 31.8 Å². The van der Waals surface area contributed by atoms with Crippen molar-refractivity contribution < 1.29 is 17.6 Å². The monoisotopic (exact) mass is 314 g/mol. The Labute approximate surface area is 125 Å². The largest absolute Gasteiger partial charge is 0.451 e. The molecule has 0 radical (unpaired) electrons. The van der Waals surface area contributed by atoms with Gasteiger partial charge >= 0.3 is 0 Å². The fraction of sp³-hybridized carbons (Fsp3) is 0.643. The molecule has 2 N–H and O–H groups in total. The number of hydrogen-bond acceptors (Lipinski definition) is 4. The summed E-state index contributed by atoms with van der Waals surface area (Å²) in [5.74, 6) is -0.197. The van der Waals surface area contributed by atoms with E-state index >= 15 is 0 Å². The van der Waals surface area contributed by atoms with E-state index in [0.29, 0.717) is 6.54 Å². The molecule has 1 saturated heterocycles. The maximum atomic E-state index is 12.6. The summed E-state index contributed by atoms with van der Waals surface area (Å²) in [7, 11) is -3.92. The van der Waals surface area contributed by atoms with Gasteiger partial charge in [-0.2, -0.15) is 0 Å². The van der Waals surface area contributed by atoms with E-state index in [-0.39, 0.29) is 28.0 Å². The van der Waals surface area contributed by atoms with Crippen molar-refractivity contribution in [3.05, 3.63) is 17.9 Å². The maximum Gasteiger partial charge on any atom is 0.271 e. The van der Waals surface area contributed by atoms with E-state index in [1.165, 1.54) is 6.07 Å². The summed E-state index contributed by atoms with van der Waals surface area (Å²) in [6, 6.07) is 1.36. The van der Waals surface area contributed by atoms with Gasteiger partial charge in [0.25, 0.3) is 15.9 Å². The van der Waals surface area contributed by atoms with Gasteiger partial charge in [0, 0.05) is 18.7 Å². The van der Waals surface area contributed by atoms with E-state index in [1.54, 1.807) is 0 Å². The van der Waals surface area contributed by atoms with E-state index in [9.17, 15) is 13.2 Å². The SMILES string of the molecule is CCC(C)(C)[C@H]1CCCN1C(=O)c1coc(S(N)(=O)=O)c1. The number of nitrogens with zero attached hydrogens (tertiary/aromatic N) is 1. The Morgan fingerprint density at radius 2 is 2.19 bits per heavy atom. The van der Waals surface area contributed by atoms with E-state index in [1.807, 2.05) is 4.90 Å². The van der Waals surface area contributed by atoms with Crippen molar-refractivity contribution in [1.29, 1.82) is 0 Å². The number of primary sulfonamides is 1. The molecule has 1 fully saturated rings. The first-order valence-corrected chi connectivity index (χ1v) is 8.64. The Hall–Kier alpha value is -1.34. The average molecular weight is 314 g/mol. The van der Waals surface area contributed by atoms with Crippen molar-refractivity contribution >= 4 is 15.9 Å². The molecule has 0 spiro atoms. The van der Waals surface area contributed by atoms with Crippen LogP contribution in [0, 0.1) is 5.41 Å². The molecule has 0 saturated carbocycles. The second-order valence-electron chi connectivity index (χ2n) is 6.20. The Morgan fingerprint density at radius 3 is 2.71 bits per heavy atom. The fourth-order valence-corrected chi connectivity index (χ4v) is 3.28. The van der Waals surface area contributed by atoms with Crippen molar-refractivity contribution in [2.24, 2.45) is 10.6 Å². The smallest absolute Gasteiger partial charge is 0.271 e. The van der Waals surface area contributed by atoms with E-state index in [0.717, 1.165) is 25.5 Å². The number of sulfonamides is 1. The predicted octanol–water partition coefficient (Wildman–Crippen LogP) is 1.97. The van der Waals surface area contributed by atoms with Gasteiger partial charge in [0.15, 0.2) is 0 Å². The summed E-state index contributed by atoms with van der Waals surface area (Å²) in [4.78, 5) is 14.4. The van der Waals surface area contributed by atoms with Gasteiger partial charge in [-0.05, 0) is 24.7 Å². The molecule has 1 amide bonds. The molecule has 2 heterocycles. The number of nitrogens with two attached hydrogens (primary N) is 1. The molecule has 0 aliphatic carbocycles. The van der Waals surface area contributed by atoms with Crippen LogP contribution < -0.4 is 5.14 Å². The van der Waals surface area contributed by atoms with Crippen LogP contribution in [-0.2, 0) is 10.0 Å². The predicted molar refractivity (Wildman–Crippen MR) is 78.2 cm³/mol. The standard InChI is InChI=1S/C14H22N2O4S/c1-4-14(2,3)11-6-5-7-16(11)13(17)10-8-12(20-9-10)21(15,18)19/h8-9,11H,4-7H2,1-3H3,(H2,15,18,19)/t11-/m1/s1. The molecule has 1 aromatic heterocycles. The molecule has 2 rings (SSSR count). The zero-order valence-electron chi connectivity index (χ0n) is 12.6. The first kappa shape index (κ1) is 16.0. The van der Waals surface area contributed by atoms with Crippen LogP contribution in [0.5, 0.6) is 0 Å². The molecule has 0 bridgehead atoms. The Balaban J connectivity index is 2.25. The first-order chi connectivity index (χ1) is 9.66. The van der Waals surface area contributed by atoms with Gasteiger partial charge < -0.3 is 9.32 Å². The van der Waals surface area contributed by atoms with Crippen molar-refractivity contribution in [1.82, 2.24) is 4.90 Å². The minimum absolute atomic E-state index is 0.0265. The fourth-order valence-electron chi connectivity index (χ4n) is 2.80. The van der Waals surface area contributed by atoms with Crippen LogP contribution in [0.4, 0.5) is 0 Å². The molecule has 1 aliphatic heterocycles. The lowest BCUT2D eigenvalue weighted by Crippen LogP contribution is -2.44. The highest BCUT2D eigenvalue weighted by Gasteiger charge is 2.39. The molecular formula is C14H22N2O4S. The number of rotatable bonds is 4. The third-order valence-electron chi connectivity index (χ3n) is 4.43. The van der Waals surface area contributed by atoms with Gasteiger partial charge in [0.05, 0.1) is 5.56 Å². The minimum Gasteiger partial charge on any atom is -0.451 e. The van der Waals surface area contributed by atoms with Crippen LogP contribution in [0.25, 0.3) is 0 Å². The molecule has 1 aliphatic rings. The summed E-state index contributed by atoms with van der Waals surface area (Å²) in [6.07, 6.45) is 4.05. The van der Waals surface area contributed by atoms with Gasteiger partial charge in [-0.15, -0.1) is 0 Å². The summed E-state index contributed by atoms with van der Waals surface area (Å²) in [6.45, 7) is 7.09. The van der Waals surface area contributed by atoms with E-state index in [4.69, 9.17) is 9.56 Å². The van der Waals surface area contributed by atoms with Crippen LogP contribution in [0.3, 0.4) is 0 Å². The summed E-state index contributed by atoms with van der Waals surface area (Å²) in [5.41, 5.74) is 0.261. The zero-order chi connectivity index (χ0) is 15.8. The number of furan rings is 1. The second-order valence-corrected chi connectivity index (χ2v) is 7.69. The molecule has 0 unspecified atom stereocenters.